The number of benzene rings is 3. The molecule has 0 bridgehead atoms. The molecule has 3 aromatic carbocycles. The molecule has 0 atom stereocenters. The van der Waals surface area contributed by atoms with Crippen LogP contribution in [0.2, 0.25) is 0 Å². The quantitative estimate of drug-likeness (QED) is 0.453. The van der Waals surface area contributed by atoms with Gasteiger partial charge in [-0.2, -0.15) is 0 Å². The van der Waals surface area contributed by atoms with E-state index in [1.807, 2.05) is 0 Å². The van der Waals surface area contributed by atoms with Crippen molar-refractivity contribution in [3.8, 4) is 0 Å². The lowest BCUT2D eigenvalue weighted by Crippen LogP contribution is -2.11. The fourth-order valence-corrected chi connectivity index (χ4v) is 4.70. The van der Waals surface area contributed by atoms with Crippen LogP contribution < -0.4 is 0 Å². The molecule has 0 unspecified atom stereocenters. The third-order valence-corrected chi connectivity index (χ3v) is 6.14. The van der Waals surface area contributed by atoms with Crippen molar-refractivity contribution in [2.45, 2.75) is 40.9 Å². The highest BCUT2D eigenvalue weighted by Gasteiger charge is 2.28. The highest BCUT2D eigenvalue weighted by molar-refractivity contribution is 7.97. The first-order valence-electron chi connectivity index (χ1n) is 8.01. The van der Waals surface area contributed by atoms with Crippen LogP contribution in [-0.4, -0.2) is 0 Å². The summed E-state index contributed by atoms with van der Waals surface area (Å²) in [5, 5.41) is 0. The fraction of sp³-hybridized carbons (Fsp3) is 0.182. The van der Waals surface area contributed by atoms with Crippen LogP contribution in [0, 0.1) is 0 Å². The number of rotatable bonds is 3. The van der Waals surface area contributed by atoms with Gasteiger partial charge < -0.3 is 0 Å². The van der Waals surface area contributed by atoms with Crippen LogP contribution in [0.25, 0.3) is 0 Å². The molecule has 4 heteroatoms. The molecule has 0 aliphatic heterocycles. The summed E-state index contributed by atoms with van der Waals surface area (Å²) in [5.41, 5.74) is 1.57. The van der Waals surface area contributed by atoms with E-state index in [0.29, 0.717) is 0 Å². The topological polar surface area (TPSA) is 0 Å². The number of hydrogen-bond acceptors (Lipinski definition) is 0. The molecule has 0 aliphatic carbocycles. The van der Waals surface area contributed by atoms with Gasteiger partial charge in [0, 0.05) is 0 Å². The van der Waals surface area contributed by atoms with Crippen LogP contribution in [0.3, 0.4) is 0 Å². The van der Waals surface area contributed by atoms with Gasteiger partial charge in [-0.05, 0) is 47.4 Å². The zero-order chi connectivity index (χ0) is 16.3. The lowest BCUT2D eigenvalue weighted by atomic mass is 9.87. The maximum atomic E-state index is 2.30. The Morgan fingerprint density at radius 1 is 0.500 bits per heavy atom. The summed E-state index contributed by atoms with van der Waals surface area (Å²) in [5.74, 6) is 0. The van der Waals surface area contributed by atoms with Crippen LogP contribution in [-0.2, 0) is 16.3 Å². The second kappa shape index (κ2) is 10.1. The third kappa shape index (κ3) is 5.40. The number of halogens is 3. The predicted molar refractivity (Wildman–Crippen MR) is 108 cm³/mol. The molecule has 0 fully saturated rings. The fourth-order valence-electron chi connectivity index (χ4n) is 2.61. The molecule has 140 valence electrons. The van der Waals surface area contributed by atoms with Crippen LogP contribution in [0.5, 0.6) is 0 Å². The maximum Gasteiger partial charge on any atom is 0.166 e. The van der Waals surface area contributed by atoms with E-state index in [0.717, 1.165) is 0 Å². The summed E-state index contributed by atoms with van der Waals surface area (Å²) in [6.45, 7) is 6.78. The first-order chi connectivity index (χ1) is 11.1. The summed E-state index contributed by atoms with van der Waals surface area (Å²) in [6.07, 6.45) is 0. The monoisotopic (exact) mass is 379 g/mol. The van der Waals surface area contributed by atoms with Gasteiger partial charge >= 0.3 is 0 Å². The Bertz CT molecular complexity index is 711. The largest absolute Gasteiger partial charge is 0.269 e. The van der Waals surface area contributed by atoms with Gasteiger partial charge in [-0.25, -0.2) is 0 Å². The van der Waals surface area contributed by atoms with Crippen LogP contribution in [0.15, 0.2) is 99.6 Å². The summed E-state index contributed by atoms with van der Waals surface area (Å²) >= 11 is 0. The average molecular weight is 380 g/mol. The molecular weight excluding hydrogens is 353 g/mol. The van der Waals surface area contributed by atoms with Gasteiger partial charge in [0.25, 0.3) is 0 Å². The van der Waals surface area contributed by atoms with Gasteiger partial charge in [0.05, 0.1) is 10.9 Å². The van der Waals surface area contributed by atoms with Crippen molar-refractivity contribution < 1.29 is 14.1 Å². The van der Waals surface area contributed by atoms with Crippen LogP contribution >= 0.6 is 0 Å². The van der Waals surface area contributed by atoms with Crippen molar-refractivity contribution in [2.24, 2.45) is 0 Å². The van der Waals surface area contributed by atoms with E-state index in [1.54, 1.807) is 0 Å². The number of hydrogen-bond donors (Lipinski definition) is 0. The third-order valence-electron chi connectivity index (χ3n) is 3.91. The normalized spacial score (nSPS) is 10.3. The van der Waals surface area contributed by atoms with E-state index in [1.165, 1.54) is 20.2 Å². The van der Waals surface area contributed by atoms with Gasteiger partial charge in [-0.1, -0.05) is 69.3 Å². The molecule has 0 N–H and O–H groups in total. The van der Waals surface area contributed by atoms with E-state index in [4.69, 9.17) is 0 Å². The Morgan fingerprint density at radius 3 is 1.19 bits per heavy atom. The van der Waals surface area contributed by atoms with Crippen molar-refractivity contribution >= 4 is 10.9 Å². The smallest absolute Gasteiger partial charge is 0.166 e. The van der Waals surface area contributed by atoms with Crippen LogP contribution in [0.1, 0.15) is 26.3 Å². The second-order valence-corrected chi connectivity index (χ2v) is 8.73. The summed E-state index contributed by atoms with van der Waals surface area (Å²) in [4.78, 5) is 4.10. The lowest BCUT2D eigenvalue weighted by Gasteiger charge is -2.19. The zero-order valence-electron chi connectivity index (χ0n) is 15.2. The summed E-state index contributed by atoms with van der Waals surface area (Å²) in [7, 11) is -0.0497. The van der Waals surface area contributed by atoms with Crippen molar-refractivity contribution in [3.05, 3.63) is 90.5 Å². The Labute approximate surface area is 156 Å². The molecule has 0 heterocycles. The van der Waals surface area contributed by atoms with Gasteiger partial charge in [0.1, 0.15) is 0 Å². The molecule has 0 saturated heterocycles. The Morgan fingerprint density at radius 2 is 0.846 bits per heavy atom. The second-order valence-electron chi connectivity index (χ2n) is 6.71. The average Bonchev–Trinajstić information content (AvgIpc) is 2.57. The molecule has 0 radical (unpaired) electrons. The molecule has 0 aliphatic rings. The van der Waals surface area contributed by atoms with Gasteiger partial charge in [-0.3, -0.25) is 14.1 Å². The van der Waals surface area contributed by atoms with E-state index in [9.17, 15) is 0 Å². The molecule has 0 aromatic heterocycles. The first-order valence-corrected chi connectivity index (χ1v) is 9.23. The zero-order valence-corrected chi connectivity index (χ0v) is 16.0. The molecule has 0 saturated carbocycles. The molecular formula is C22H26F3S+. The van der Waals surface area contributed by atoms with E-state index >= 15 is 0 Å². The van der Waals surface area contributed by atoms with Gasteiger partial charge in [0.15, 0.2) is 14.7 Å². The maximum absolute atomic E-state index is 2.30. The van der Waals surface area contributed by atoms with Crippen molar-refractivity contribution in [3.63, 3.8) is 0 Å². The Hall–Kier alpha value is -2.20. The van der Waals surface area contributed by atoms with Crippen molar-refractivity contribution in [1.29, 1.82) is 0 Å². The van der Waals surface area contributed by atoms with Crippen molar-refractivity contribution in [1.82, 2.24) is 0 Å². The minimum absolute atomic E-state index is 0. The molecule has 3 rings (SSSR count). The van der Waals surface area contributed by atoms with E-state index < -0.39 is 0 Å². The molecule has 3 aromatic rings. The van der Waals surface area contributed by atoms with E-state index in [-0.39, 0.29) is 30.4 Å². The minimum atomic E-state index is -0.0497. The molecule has 26 heavy (non-hydrogen) atoms. The van der Waals surface area contributed by atoms with Crippen molar-refractivity contribution in [2.75, 3.05) is 0 Å². The standard InChI is InChI=1S/C22H23S.3FH/c1-22(2,3)18-14-16-21(17-15-18)23(19-10-6-4-7-11-19)20-12-8-5-9-13-20;;;/h4-17H,1-3H3;3*1H/q+1;;;. The first kappa shape index (κ1) is 23.8. The highest BCUT2D eigenvalue weighted by Crippen LogP contribution is 2.32. The molecule has 0 amide bonds. The van der Waals surface area contributed by atoms with Gasteiger partial charge in [0.2, 0.25) is 0 Å². The van der Waals surface area contributed by atoms with E-state index in [2.05, 4.69) is 106 Å². The predicted octanol–water partition coefficient (Wildman–Crippen LogP) is 6.54. The summed E-state index contributed by atoms with van der Waals surface area (Å²) < 4.78 is 0. The van der Waals surface area contributed by atoms with Crippen LogP contribution in [0.4, 0.5) is 14.1 Å². The Kier molecular flexibility index (Phi) is 9.22. The molecule has 0 spiro atoms. The lowest BCUT2D eigenvalue weighted by molar-refractivity contribution is 0.589. The summed E-state index contributed by atoms with van der Waals surface area (Å²) in [6, 6.07) is 30.7. The van der Waals surface area contributed by atoms with Gasteiger partial charge in [-0.15, -0.1) is 0 Å². The minimum Gasteiger partial charge on any atom is -0.269 e. The SMILES string of the molecule is CC(C)(C)c1ccc([S+](c2ccccc2)c2ccccc2)cc1.F.F.F. The highest BCUT2D eigenvalue weighted by atomic mass is 32.2. The molecule has 0 nitrogen and oxygen atoms in total. The Balaban J connectivity index is 0.00000208.